The van der Waals surface area contributed by atoms with Gasteiger partial charge in [0.2, 0.25) is 5.91 Å². The first-order valence-electron chi connectivity index (χ1n) is 10.6. The molecule has 0 aliphatic heterocycles. The Bertz CT molecular complexity index is 1160. The summed E-state index contributed by atoms with van der Waals surface area (Å²) < 4.78 is 22.5. The molecule has 0 aliphatic rings. The molecule has 6 heteroatoms. The fraction of sp³-hybridized carbons (Fsp3) is 0.346. The predicted molar refractivity (Wildman–Crippen MR) is 128 cm³/mol. The van der Waals surface area contributed by atoms with E-state index < -0.39 is 0 Å². The molecule has 1 unspecified atom stereocenters. The highest BCUT2D eigenvalue weighted by Gasteiger charge is 2.19. The Kier molecular flexibility index (Phi) is 7.13. The summed E-state index contributed by atoms with van der Waals surface area (Å²) in [5, 5.41) is 3.91. The highest BCUT2D eigenvalue weighted by Crippen LogP contribution is 2.42. The topological polar surface area (TPSA) is 69.9 Å². The van der Waals surface area contributed by atoms with Crippen LogP contribution in [0.2, 0.25) is 0 Å². The summed E-state index contributed by atoms with van der Waals surface area (Å²) in [6.45, 7) is 7.89. The first-order chi connectivity index (χ1) is 15.3. The first kappa shape index (κ1) is 23.3. The number of ether oxygens (including phenoxy) is 3. The number of rotatable bonds is 8. The number of hydrogen-bond acceptors (Lipinski definition) is 5. The number of furan rings is 1. The molecule has 0 radical (unpaired) electrons. The fourth-order valence-corrected chi connectivity index (χ4v) is 3.76. The van der Waals surface area contributed by atoms with Crippen LogP contribution in [0.3, 0.4) is 0 Å². The van der Waals surface area contributed by atoms with Gasteiger partial charge in [-0.1, -0.05) is 13.0 Å². The number of nitrogens with one attached hydrogen (secondary N) is 1. The third-order valence-electron chi connectivity index (χ3n) is 5.72. The van der Waals surface area contributed by atoms with E-state index in [0.29, 0.717) is 17.2 Å². The van der Waals surface area contributed by atoms with Crippen LogP contribution in [0.4, 0.5) is 0 Å². The van der Waals surface area contributed by atoms with E-state index in [-0.39, 0.29) is 11.9 Å². The number of fused-ring (bicyclic) bond motifs is 1. The molecule has 3 rings (SSSR count). The SMILES string of the molecule is CCC(C)NC(=O)/C=C(\C)c1cc2c(-c3ccc(OC)c(OC)c3)coc2c(C)c1OC. The molecule has 1 N–H and O–H groups in total. The Morgan fingerprint density at radius 1 is 1.12 bits per heavy atom. The molecule has 6 nitrogen and oxygen atoms in total. The number of benzene rings is 2. The first-order valence-corrected chi connectivity index (χ1v) is 10.6. The number of aryl methyl sites for hydroxylation is 1. The predicted octanol–water partition coefficient (Wildman–Crippen LogP) is 5.75. The van der Waals surface area contributed by atoms with Gasteiger partial charge < -0.3 is 23.9 Å². The maximum Gasteiger partial charge on any atom is 0.244 e. The molecule has 1 heterocycles. The van der Waals surface area contributed by atoms with Gasteiger partial charge in [-0.2, -0.15) is 0 Å². The number of amides is 1. The van der Waals surface area contributed by atoms with Crippen molar-refractivity contribution in [3.8, 4) is 28.4 Å². The Morgan fingerprint density at radius 3 is 2.47 bits per heavy atom. The summed E-state index contributed by atoms with van der Waals surface area (Å²) in [4.78, 5) is 12.4. The zero-order chi connectivity index (χ0) is 23.4. The van der Waals surface area contributed by atoms with Crippen molar-refractivity contribution in [1.82, 2.24) is 5.32 Å². The van der Waals surface area contributed by atoms with Crippen molar-refractivity contribution in [2.45, 2.75) is 40.2 Å². The molecular formula is C26H31NO5. The van der Waals surface area contributed by atoms with E-state index in [2.05, 4.69) is 5.32 Å². The van der Waals surface area contributed by atoms with Gasteiger partial charge in [-0.05, 0) is 56.5 Å². The quantitative estimate of drug-likeness (QED) is 0.454. The summed E-state index contributed by atoms with van der Waals surface area (Å²) in [7, 11) is 4.85. The van der Waals surface area contributed by atoms with E-state index in [9.17, 15) is 4.79 Å². The maximum atomic E-state index is 12.4. The standard InChI is InChI=1S/C26H31NO5/c1-8-16(3)27-24(28)11-15(2)19-13-20-21(14-32-26(20)17(4)25(19)31-7)18-9-10-22(29-5)23(12-18)30-6/h9-14,16H,8H2,1-7H3,(H,27,28)/b15-11+. The lowest BCUT2D eigenvalue weighted by molar-refractivity contribution is -0.117. The molecule has 1 aromatic heterocycles. The van der Waals surface area contributed by atoms with Crippen molar-refractivity contribution in [3.05, 3.63) is 47.7 Å². The highest BCUT2D eigenvalue weighted by molar-refractivity contribution is 6.01. The van der Waals surface area contributed by atoms with Gasteiger partial charge in [0, 0.05) is 34.2 Å². The van der Waals surface area contributed by atoms with Crippen LogP contribution in [0.15, 0.2) is 41.0 Å². The molecule has 1 amide bonds. The van der Waals surface area contributed by atoms with E-state index in [1.807, 2.05) is 52.0 Å². The number of carbonyl (C=O) groups excluding carboxylic acids is 1. The van der Waals surface area contributed by atoms with Crippen molar-refractivity contribution < 1.29 is 23.4 Å². The second kappa shape index (κ2) is 9.81. The van der Waals surface area contributed by atoms with E-state index >= 15 is 0 Å². The van der Waals surface area contributed by atoms with E-state index in [0.717, 1.165) is 45.2 Å². The van der Waals surface area contributed by atoms with Crippen LogP contribution in [-0.2, 0) is 4.79 Å². The summed E-state index contributed by atoms with van der Waals surface area (Å²) in [6, 6.07) is 7.88. The second-order valence-electron chi connectivity index (χ2n) is 7.82. The Morgan fingerprint density at radius 2 is 1.84 bits per heavy atom. The van der Waals surface area contributed by atoms with Crippen molar-refractivity contribution in [3.63, 3.8) is 0 Å². The minimum Gasteiger partial charge on any atom is -0.496 e. The molecule has 0 fully saturated rings. The molecule has 3 aromatic rings. The van der Waals surface area contributed by atoms with Gasteiger partial charge in [0.15, 0.2) is 11.5 Å². The Hall–Kier alpha value is -3.41. The summed E-state index contributed by atoms with van der Waals surface area (Å²) in [5.74, 6) is 1.87. The minimum atomic E-state index is -0.121. The van der Waals surface area contributed by atoms with Crippen molar-refractivity contribution in [2.24, 2.45) is 0 Å². The molecule has 2 aromatic carbocycles. The van der Waals surface area contributed by atoms with Crippen molar-refractivity contribution in [1.29, 1.82) is 0 Å². The van der Waals surface area contributed by atoms with Gasteiger partial charge in [0.1, 0.15) is 11.3 Å². The van der Waals surface area contributed by atoms with Crippen LogP contribution in [0, 0.1) is 6.92 Å². The van der Waals surface area contributed by atoms with Gasteiger partial charge >= 0.3 is 0 Å². The summed E-state index contributed by atoms with van der Waals surface area (Å²) >= 11 is 0. The van der Waals surface area contributed by atoms with Crippen molar-refractivity contribution in [2.75, 3.05) is 21.3 Å². The molecule has 1 atom stereocenters. The molecule has 0 saturated heterocycles. The van der Waals surface area contributed by atoms with Crippen LogP contribution in [0.1, 0.15) is 38.3 Å². The number of methoxy groups -OCH3 is 3. The van der Waals surface area contributed by atoms with Crippen LogP contribution < -0.4 is 19.5 Å². The Balaban J connectivity index is 2.14. The minimum absolute atomic E-state index is 0.114. The van der Waals surface area contributed by atoms with Crippen LogP contribution in [0.25, 0.3) is 27.7 Å². The van der Waals surface area contributed by atoms with Crippen LogP contribution >= 0.6 is 0 Å². The van der Waals surface area contributed by atoms with Crippen LogP contribution in [0.5, 0.6) is 17.2 Å². The van der Waals surface area contributed by atoms with Gasteiger partial charge in [0.05, 0.1) is 27.6 Å². The average Bonchev–Trinajstić information content (AvgIpc) is 3.22. The van der Waals surface area contributed by atoms with Gasteiger partial charge in [-0.25, -0.2) is 0 Å². The molecule has 170 valence electrons. The highest BCUT2D eigenvalue weighted by atomic mass is 16.5. The van der Waals surface area contributed by atoms with E-state index in [4.69, 9.17) is 18.6 Å². The molecule has 0 aliphatic carbocycles. The fourth-order valence-electron chi connectivity index (χ4n) is 3.76. The number of carbonyl (C=O) groups is 1. The number of allylic oxidation sites excluding steroid dienone is 1. The number of hydrogen-bond donors (Lipinski definition) is 1. The largest absolute Gasteiger partial charge is 0.496 e. The van der Waals surface area contributed by atoms with Crippen LogP contribution in [-0.4, -0.2) is 33.3 Å². The summed E-state index contributed by atoms with van der Waals surface area (Å²) in [6.07, 6.45) is 4.22. The average molecular weight is 438 g/mol. The molecular weight excluding hydrogens is 406 g/mol. The molecule has 0 spiro atoms. The third kappa shape index (κ3) is 4.44. The summed E-state index contributed by atoms with van der Waals surface area (Å²) in [5.41, 5.74) is 5.14. The monoisotopic (exact) mass is 437 g/mol. The second-order valence-corrected chi connectivity index (χ2v) is 7.82. The van der Waals surface area contributed by atoms with E-state index in [1.54, 1.807) is 33.7 Å². The van der Waals surface area contributed by atoms with Crippen molar-refractivity contribution >= 4 is 22.4 Å². The third-order valence-corrected chi connectivity index (χ3v) is 5.72. The molecule has 32 heavy (non-hydrogen) atoms. The molecule has 0 bridgehead atoms. The lowest BCUT2D eigenvalue weighted by Gasteiger charge is -2.14. The molecule has 0 saturated carbocycles. The van der Waals surface area contributed by atoms with Gasteiger partial charge in [-0.15, -0.1) is 0 Å². The lowest BCUT2D eigenvalue weighted by Crippen LogP contribution is -2.30. The normalized spacial score (nSPS) is 12.5. The van der Waals surface area contributed by atoms with Gasteiger partial charge in [0.25, 0.3) is 0 Å². The smallest absolute Gasteiger partial charge is 0.244 e. The van der Waals surface area contributed by atoms with Gasteiger partial charge in [-0.3, -0.25) is 4.79 Å². The Labute approximate surface area is 189 Å². The maximum absolute atomic E-state index is 12.4. The zero-order valence-corrected chi connectivity index (χ0v) is 19.8. The lowest BCUT2D eigenvalue weighted by atomic mass is 9.96. The van der Waals surface area contributed by atoms with E-state index in [1.165, 1.54) is 0 Å². The zero-order valence-electron chi connectivity index (χ0n) is 19.8.